The smallest absolute Gasteiger partial charge is 0.224 e. The second-order valence-corrected chi connectivity index (χ2v) is 7.06. The number of aromatic hydroxyl groups is 1. The number of phenolic OH excluding ortho intramolecular Hbond substituents is 1. The minimum Gasteiger partial charge on any atom is -0.508 e. The van der Waals surface area contributed by atoms with Gasteiger partial charge < -0.3 is 10.4 Å². The van der Waals surface area contributed by atoms with Gasteiger partial charge in [0, 0.05) is 29.3 Å². The maximum absolute atomic E-state index is 12.1. The van der Waals surface area contributed by atoms with Gasteiger partial charge in [0.05, 0.1) is 5.69 Å². The van der Waals surface area contributed by atoms with Gasteiger partial charge in [-0.3, -0.25) is 9.78 Å². The number of fused-ring (bicyclic) bond motifs is 1. The van der Waals surface area contributed by atoms with Crippen molar-refractivity contribution in [2.24, 2.45) is 0 Å². The largest absolute Gasteiger partial charge is 0.508 e. The number of benzene rings is 3. The molecule has 1 aromatic heterocycles. The first-order valence-corrected chi connectivity index (χ1v) is 9.70. The van der Waals surface area contributed by atoms with Crippen LogP contribution in [0.15, 0.2) is 85.1 Å². The topological polar surface area (TPSA) is 62.2 Å². The zero-order valence-electron chi connectivity index (χ0n) is 16.0. The van der Waals surface area contributed by atoms with Crippen molar-refractivity contribution < 1.29 is 9.90 Å². The molecule has 0 atom stereocenters. The number of pyridine rings is 1. The molecule has 0 aliphatic heterocycles. The van der Waals surface area contributed by atoms with Crippen LogP contribution in [0, 0.1) is 0 Å². The van der Waals surface area contributed by atoms with E-state index in [0.29, 0.717) is 12.1 Å². The Kier molecular flexibility index (Phi) is 5.52. The maximum Gasteiger partial charge on any atom is 0.224 e. The van der Waals surface area contributed by atoms with E-state index in [1.54, 1.807) is 24.3 Å². The molecule has 4 nitrogen and oxygen atoms in total. The average Bonchev–Trinajstić information content (AvgIpc) is 2.75. The standard InChI is InChI=1S/C25H22N2O2/c28-23-14-12-22(13-15-23)27-25(29)7-3-4-18-8-10-19(11-9-18)24-16-20-5-1-2-6-21(20)17-26-24/h1-2,5-6,8-17,28H,3-4,7H2,(H,27,29). The van der Waals surface area contributed by atoms with Gasteiger partial charge >= 0.3 is 0 Å². The van der Waals surface area contributed by atoms with Crippen molar-refractivity contribution in [3.8, 4) is 17.0 Å². The number of anilines is 1. The number of hydrogen-bond donors (Lipinski definition) is 2. The molecule has 0 bridgehead atoms. The number of rotatable bonds is 6. The molecule has 4 rings (SSSR count). The zero-order valence-corrected chi connectivity index (χ0v) is 16.0. The van der Waals surface area contributed by atoms with E-state index < -0.39 is 0 Å². The third kappa shape index (κ3) is 4.79. The first-order chi connectivity index (χ1) is 14.2. The first kappa shape index (κ1) is 18.7. The molecule has 29 heavy (non-hydrogen) atoms. The lowest BCUT2D eigenvalue weighted by atomic mass is 10.0. The van der Waals surface area contributed by atoms with E-state index in [0.717, 1.165) is 29.5 Å². The molecule has 144 valence electrons. The van der Waals surface area contributed by atoms with Gasteiger partial charge in [0.15, 0.2) is 0 Å². The number of carbonyl (C=O) groups is 1. The Morgan fingerprint density at radius 3 is 2.38 bits per heavy atom. The summed E-state index contributed by atoms with van der Waals surface area (Å²) < 4.78 is 0. The van der Waals surface area contributed by atoms with Crippen LogP contribution in [-0.4, -0.2) is 16.0 Å². The van der Waals surface area contributed by atoms with Crippen molar-refractivity contribution in [1.82, 2.24) is 4.98 Å². The molecule has 0 fully saturated rings. The Morgan fingerprint density at radius 1 is 0.897 bits per heavy atom. The zero-order chi connectivity index (χ0) is 20.1. The molecule has 0 radical (unpaired) electrons. The maximum atomic E-state index is 12.1. The molecule has 3 aromatic carbocycles. The summed E-state index contributed by atoms with van der Waals surface area (Å²) in [7, 11) is 0. The number of phenols is 1. The van der Waals surface area contributed by atoms with Crippen molar-refractivity contribution in [1.29, 1.82) is 0 Å². The lowest BCUT2D eigenvalue weighted by molar-refractivity contribution is -0.116. The number of nitrogens with one attached hydrogen (secondary N) is 1. The number of hydrogen-bond acceptors (Lipinski definition) is 3. The predicted octanol–water partition coefficient (Wildman–Crippen LogP) is 5.57. The van der Waals surface area contributed by atoms with Gasteiger partial charge in [-0.2, -0.15) is 0 Å². The summed E-state index contributed by atoms with van der Waals surface area (Å²) in [5.41, 5.74) is 3.94. The van der Waals surface area contributed by atoms with E-state index >= 15 is 0 Å². The van der Waals surface area contributed by atoms with Crippen molar-refractivity contribution in [2.75, 3.05) is 5.32 Å². The van der Waals surface area contributed by atoms with E-state index in [1.165, 1.54) is 10.9 Å². The van der Waals surface area contributed by atoms with Crippen LogP contribution in [0.1, 0.15) is 18.4 Å². The third-order valence-electron chi connectivity index (χ3n) is 4.90. The molecule has 0 unspecified atom stereocenters. The highest BCUT2D eigenvalue weighted by molar-refractivity contribution is 5.90. The first-order valence-electron chi connectivity index (χ1n) is 9.70. The fourth-order valence-corrected chi connectivity index (χ4v) is 3.30. The van der Waals surface area contributed by atoms with Gasteiger partial charge in [0.25, 0.3) is 0 Å². The Hall–Kier alpha value is -3.66. The van der Waals surface area contributed by atoms with E-state index in [-0.39, 0.29) is 11.7 Å². The molecular formula is C25H22N2O2. The number of aryl methyl sites for hydroxylation is 1. The Morgan fingerprint density at radius 2 is 1.62 bits per heavy atom. The number of aromatic nitrogens is 1. The third-order valence-corrected chi connectivity index (χ3v) is 4.90. The van der Waals surface area contributed by atoms with Gasteiger partial charge in [-0.05, 0) is 54.1 Å². The van der Waals surface area contributed by atoms with Crippen molar-refractivity contribution in [2.45, 2.75) is 19.3 Å². The van der Waals surface area contributed by atoms with Gasteiger partial charge in [-0.15, -0.1) is 0 Å². The van der Waals surface area contributed by atoms with Gasteiger partial charge in [-0.25, -0.2) is 0 Å². The minimum atomic E-state index is -0.0207. The highest BCUT2D eigenvalue weighted by Gasteiger charge is 2.05. The summed E-state index contributed by atoms with van der Waals surface area (Å²) in [5, 5.41) is 14.4. The number of carbonyl (C=O) groups excluding carboxylic acids is 1. The molecule has 2 N–H and O–H groups in total. The van der Waals surface area contributed by atoms with E-state index in [4.69, 9.17) is 0 Å². The normalized spacial score (nSPS) is 10.8. The van der Waals surface area contributed by atoms with Crippen molar-refractivity contribution in [3.05, 3.63) is 90.6 Å². The van der Waals surface area contributed by atoms with Crippen LogP contribution in [0.4, 0.5) is 5.69 Å². The van der Waals surface area contributed by atoms with E-state index in [2.05, 4.69) is 52.8 Å². The number of amides is 1. The highest BCUT2D eigenvalue weighted by Crippen LogP contribution is 2.22. The van der Waals surface area contributed by atoms with E-state index in [9.17, 15) is 9.90 Å². The molecule has 1 amide bonds. The van der Waals surface area contributed by atoms with Gasteiger partial charge in [0.1, 0.15) is 5.75 Å². The molecular weight excluding hydrogens is 360 g/mol. The molecule has 0 saturated heterocycles. The molecule has 4 aromatic rings. The van der Waals surface area contributed by atoms with Crippen LogP contribution in [0.5, 0.6) is 5.75 Å². The molecule has 0 aliphatic carbocycles. The SMILES string of the molecule is O=C(CCCc1ccc(-c2cc3ccccc3cn2)cc1)Nc1ccc(O)cc1. The lowest BCUT2D eigenvalue weighted by Crippen LogP contribution is -2.11. The van der Waals surface area contributed by atoms with Gasteiger partial charge in [-0.1, -0.05) is 48.5 Å². The second-order valence-electron chi connectivity index (χ2n) is 7.06. The Bertz CT molecular complexity index is 1120. The predicted molar refractivity (Wildman–Crippen MR) is 117 cm³/mol. The van der Waals surface area contributed by atoms with Crippen LogP contribution in [0.2, 0.25) is 0 Å². The molecule has 0 saturated carbocycles. The summed E-state index contributed by atoms with van der Waals surface area (Å²) in [6.07, 6.45) is 3.98. The Balaban J connectivity index is 1.32. The monoisotopic (exact) mass is 382 g/mol. The van der Waals surface area contributed by atoms with Crippen LogP contribution < -0.4 is 5.32 Å². The average molecular weight is 382 g/mol. The summed E-state index contributed by atoms with van der Waals surface area (Å²) >= 11 is 0. The van der Waals surface area contributed by atoms with Crippen LogP contribution in [0.25, 0.3) is 22.0 Å². The summed E-state index contributed by atoms with van der Waals surface area (Å²) in [4.78, 5) is 16.6. The van der Waals surface area contributed by atoms with Gasteiger partial charge in [0.2, 0.25) is 5.91 Å². The molecule has 0 spiro atoms. The van der Waals surface area contributed by atoms with Crippen molar-refractivity contribution >= 4 is 22.4 Å². The molecule has 0 aliphatic rings. The summed E-state index contributed by atoms with van der Waals surface area (Å²) in [6, 6.07) is 25.2. The highest BCUT2D eigenvalue weighted by atomic mass is 16.3. The number of nitrogens with zero attached hydrogens (tertiary/aromatic N) is 1. The lowest BCUT2D eigenvalue weighted by Gasteiger charge is -2.07. The fraction of sp³-hybridized carbons (Fsp3) is 0.120. The Labute approximate surface area is 169 Å². The van der Waals surface area contributed by atoms with Crippen LogP contribution >= 0.6 is 0 Å². The van der Waals surface area contributed by atoms with Crippen molar-refractivity contribution in [3.63, 3.8) is 0 Å². The van der Waals surface area contributed by atoms with Crippen LogP contribution in [0.3, 0.4) is 0 Å². The summed E-state index contributed by atoms with van der Waals surface area (Å²) in [6.45, 7) is 0. The summed E-state index contributed by atoms with van der Waals surface area (Å²) in [5.74, 6) is 0.165. The van der Waals surface area contributed by atoms with E-state index in [1.807, 2.05) is 18.3 Å². The minimum absolute atomic E-state index is 0.0207. The molecule has 1 heterocycles. The second kappa shape index (κ2) is 8.57. The quantitative estimate of drug-likeness (QED) is 0.429. The van der Waals surface area contributed by atoms with Crippen LogP contribution in [-0.2, 0) is 11.2 Å². The fourth-order valence-electron chi connectivity index (χ4n) is 3.30. The molecule has 4 heteroatoms.